The first-order chi connectivity index (χ1) is 10.6. The van der Waals surface area contributed by atoms with Crippen LogP contribution in [0.25, 0.3) is 0 Å². The molecule has 0 unspecified atom stereocenters. The van der Waals surface area contributed by atoms with Gasteiger partial charge in [-0.1, -0.05) is 48.0 Å². The molecule has 2 aromatic rings. The number of fused-ring (bicyclic) bond motifs is 1. The van der Waals surface area contributed by atoms with Crippen LogP contribution in [-0.2, 0) is 4.79 Å². The van der Waals surface area contributed by atoms with E-state index in [9.17, 15) is 9.59 Å². The van der Waals surface area contributed by atoms with Crippen LogP contribution in [-0.4, -0.2) is 17.7 Å². The van der Waals surface area contributed by atoms with Gasteiger partial charge in [0.15, 0.2) is 17.7 Å². The maximum absolute atomic E-state index is 12.5. The topological polar surface area (TPSA) is 43.4 Å². The summed E-state index contributed by atoms with van der Waals surface area (Å²) in [6.45, 7) is 3.51. The van der Waals surface area contributed by atoms with Gasteiger partial charge < -0.3 is 4.74 Å². The fourth-order valence-corrected chi connectivity index (χ4v) is 2.97. The van der Waals surface area contributed by atoms with Crippen LogP contribution in [0, 0.1) is 6.92 Å². The molecule has 2 atom stereocenters. The average Bonchev–Trinajstić information content (AvgIpc) is 2.86. The Bertz CT molecular complexity index is 719. The Labute approximate surface area is 129 Å². The summed E-state index contributed by atoms with van der Waals surface area (Å²) >= 11 is 0. The summed E-state index contributed by atoms with van der Waals surface area (Å²) in [6, 6.07) is 15.0. The van der Waals surface area contributed by atoms with Crippen molar-refractivity contribution in [1.82, 2.24) is 0 Å². The number of aryl methyl sites for hydroxylation is 1. The molecular formula is C19H18O3. The molecular weight excluding hydrogens is 276 g/mol. The molecule has 2 aromatic carbocycles. The van der Waals surface area contributed by atoms with Gasteiger partial charge >= 0.3 is 0 Å². The van der Waals surface area contributed by atoms with Crippen molar-refractivity contribution in [2.75, 3.05) is 0 Å². The van der Waals surface area contributed by atoms with Gasteiger partial charge in [0.1, 0.15) is 5.75 Å². The number of carbonyl (C=O) groups is 2. The molecule has 112 valence electrons. The van der Waals surface area contributed by atoms with Crippen LogP contribution in [0.1, 0.15) is 40.7 Å². The Morgan fingerprint density at radius 1 is 1.09 bits per heavy atom. The lowest BCUT2D eigenvalue weighted by Crippen LogP contribution is -2.28. The second kappa shape index (κ2) is 5.76. The third-order valence-corrected chi connectivity index (χ3v) is 4.09. The summed E-state index contributed by atoms with van der Waals surface area (Å²) in [5, 5.41) is 0. The molecule has 0 radical (unpaired) electrons. The second-order valence-corrected chi connectivity index (χ2v) is 5.79. The van der Waals surface area contributed by atoms with Crippen LogP contribution in [0.2, 0.25) is 0 Å². The molecule has 0 aromatic heterocycles. The van der Waals surface area contributed by atoms with E-state index in [0.717, 1.165) is 16.9 Å². The highest BCUT2D eigenvalue weighted by Gasteiger charge is 2.38. The lowest BCUT2D eigenvalue weighted by molar-refractivity contribution is -0.123. The van der Waals surface area contributed by atoms with Crippen LogP contribution >= 0.6 is 0 Å². The third kappa shape index (κ3) is 2.67. The van der Waals surface area contributed by atoms with E-state index in [1.54, 1.807) is 12.1 Å². The zero-order valence-corrected chi connectivity index (χ0v) is 12.7. The minimum atomic E-state index is -0.565. The minimum absolute atomic E-state index is 0.0369. The molecule has 3 nitrogen and oxygen atoms in total. The van der Waals surface area contributed by atoms with E-state index >= 15 is 0 Å². The highest BCUT2D eigenvalue weighted by atomic mass is 16.5. The summed E-state index contributed by atoms with van der Waals surface area (Å²) in [4.78, 5) is 24.4. The fraction of sp³-hybridized carbons (Fsp3) is 0.263. The molecule has 0 amide bonds. The number of Topliss-reactive ketones (excluding diaryl/α,β-unsaturated/α-hetero) is 2. The summed E-state index contributed by atoms with van der Waals surface area (Å²) in [7, 11) is 0. The van der Waals surface area contributed by atoms with Gasteiger partial charge in [-0.3, -0.25) is 9.59 Å². The highest BCUT2D eigenvalue weighted by molar-refractivity contribution is 5.97. The Morgan fingerprint density at radius 3 is 2.50 bits per heavy atom. The monoisotopic (exact) mass is 294 g/mol. The molecule has 0 saturated heterocycles. The van der Waals surface area contributed by atoms with E-state index in [4.69, 9.17) is 4.74 Å². The van der Waals surface area contributed by atoms with Crippen LogP contribution in [0.5, 0.6) is 5.75 Å². The van der Waals surface area contributed by atoms with Crippen molar-refractivity contribution >= 4 is 11.6 Å². The smallest absolute Gasteiger partial charge is 0.170 e. The molecule has 1 aliphatic heterocycles. The van der Waals surface area contributed by atoms with Crippen LogP contribution in [0.3, 0.4) is 0 Å². The molecule has 1 heterocycles. The Balaban J connectivity index is 1.92. The first-order valence-electron chi connectivity index (χ1n) is 7.42. The standard InChI is InChI=1S/C19H18O3/c1-12-8-9-18-15(10-12)16(19(22-18)13(2)20)11-17(21)14-6-4-3-5-7-14/h3-10,16,19H,11H2,1-2H3/t16-,19+/m0/s1. The van der Waals surface area contributed by atoms with Gasteiger partial charge in [-0.05, 0) is 19.9 Å². The van der Waals surface area contributed by atoms with E-state index in [2.05, 4.69) is 0 Å². The van der Waals surface area contributed by atoms with E-state index in [1.807, 2.05) is 43.3 Å². The van der Waals surface area contributed by atoms with Gasteiger partial charge in [-0.15, -0.1) is 0 Å². The first kappa shape index (κ1) is 14.5. The molecule has 0 aliphatic carbocycles. The van der Waals surface area contributed by atoms with Crippen molar-refractivity contribution < 1.29 is 14.3 Å². The zero-order chi connectivity index (χ0) is 15.7. The predicted octanol–water partition coefficient (Wildman–Crippen LogP) is 3.70. The predicted molar refractivity (Wildman–Crippen MR) is 84.4 cm³/mol. The van der Waals surface area contributed by atoms with Gasteiger partial charge in [0.25, 0.3) is 0 Å². The van der Waals surface area contributed by atoms with Crippen molar-refractivity contribution in [3.63, 3.8) is 0 Å². The van der Waals surface area contributed by atoms with Crippen molar-refractivity contribution in [2.45, 2.75) is 32.3 Å². The van der Waals surface area contributed by atoms with E-state index in [0.29, 0.717) is 5.56 Å². The fourth-order valence-electron chi connectivity index (χ4n) is 2.97. The first-order valence-corrected chi connectivity index (χ1v) is 7.42. The molecule has 0 spiro atoms. The minimum Gasteiger partial charge on any atom is -0.482 e. The number of hydrogen-bond donors (Lipinski definition) is 0. The van der Waals surface area contributed by atoms with Crippen molar-refractivity contribution in [3.8, 4) is 5.75 Å². The average molecular weight is 294 g/mol. The van der Waals surface area contributed by atoms with Gasteiger partial charge in [-0.25, -0.2) is 0 Å². The lowest BCUT2D eigenvalue weighted by atomic mass is 9.87. The number of ether oxygens (including phenoxy) is 1. The Kier molecular flexibility index (Phi) is 3.80. The third-order valence-electron chi connectivity index (χ3n) is 4.09. The number of hydrogen-bond acceptors (Lipinski definition) is 3. The quantitative estimate of drug-likeness (QED) is 0.807. The SMILES string of the molecule is CC(=O)[C@H]1Oc2ccc(C)cc2[C@@H]1CC(=O)c1ccccc1. The van der Waals surface area contributed by atoms with E-state index in [-0.39, 0.29) is 23.9 Å². The van der Waals surface area contributed by atoms with Crippen molar-refractivity contribution in [3.05, 3.63) is 65.2 Å². The molecule has 22 heavy (non-hydrogen) atoms. The number of benzene rings is 2. The van der Waals surface area contributed by atoms with Crippen LogP contribution in [0.15, 0.2) is 48.5 Å². The van der Waals surface area contributed by atoms with E-state index < -0.39 is 6.10 Å². The molecule has 3 rings (SSSR count). The Hall–Kier alpha value is -2.42. The van der Waals surface area contributed by atoms with Crippen LogP contribution in [0.4, 0.5) is 0 Å². The van der Waals surface area contributed by atoms with Gasteiger partial charge in [0, 0.05) is 23.5 Å². The lowest BCUT2D eigenvalue weighted by Gasteiger charge is -2.16. The maximum Gasteiger partial charge on any atom is 0.170 e. The van der Waals surface area contributed by atoms with Crippen LogP contribution < -0.4 is 4.74 Å². The normalized spacial score (nSPS) is 19.4. The molecule has 1 aliphatic rings. The summed E-state index contributed by atoms with van der Waals surface area (Å²) in [6.07, 6.45) is -0.283. The van der Waals surface area contributed by atoms with E-state index in [1.165, 1.54) is 6.92 Å². The van der Waals surface area contributed by atoms with Gasteiger partial charge in [0.05, 0.1) is 0 Å². The van der Waals surface area contributed by atoms with Gasteiger partial charge in [-0.2, -0.15) is 0 Å². The molecule has 0 bridgehead atoms. The summed E-state index contributed by atoms with van der Waals surface area (Å²) in [5.74, 6) is 0.506. The summed E-state index contributed by atoms with van der Waals surface area (Å²) < 4.78 is 5.77. The maximum atomic E-state index is 12.5. The molecule has 3 heteroatoms. The summed E-state index contributed by atoms with van der Waals surface area (Å²) in [5.41, 5.74) is 2.74. The van der Waals surface area contributed by atoms with Crippen molar-refractivity contribution in [2.24, 2.45) is 0 Å². The number of carbonyl (C=O) groups excluding carboxylic acids is 2. The molecule has 0 fully saturated rings. The Morgan fingerprint density at radius 2 is 1.82 bits per heavy atom. The zero-order valence-electron chi connectivity index (χ0n) is 12.7. The second-order valence-electron chi connectivity index (χ2n) is 5.79. The van der Waals surface area contributed by atoms with Gasteiger partial charge in [0.2, 0.25) is 0 Å². The van der Waals surface area contributed by atoms with Crippen molar-refractivity contribution in [1.29, 1.82) is 0 Å². The molecule has 0 N–H and O–H groups in total. The highest BCUT2D eigenvalue weighted by Crippen LogP contribution is 2.41. The number of ketones is 2. The number of rotatable bonds is 4. The largest absolute Gasteiger partial charge is 0.482 e. The molecule has 0 saturated carbocycles.